The highest BCUT2D eigenvalue weighted by molar-refractivity contribution is 6.03. The number of aromatic amines is 1. The van der Waals surface area contributed by atoms with Crippen molar-refractivity contribution in [2.45, 2.75) is 24.9 Å². The summed E-state index contributed by atoms with van der Waals surface area (Å²) >= 11 is 0. The lowest BCUT2D eigenvalue weighted by molar-refractivity contribution is -0.0132. The number of H-pyrrole nitrogens is 1. The van der Waals surface area contributed by atoms with E-state index in [1.54, 1.807) is 18.6 Å². The Bertz CT molecular complexity index is 1740. The van der Waals surface area contributed by atoms with E-state index in [0.29, 0.717) is 22.5 Å². The average Bonchev–Trinajstić information content (AvgIpc) is 3.42. The molecule has 0 radical (unpaired) electrons. The van der Waals surface area contributed by atoms with Gasteiger partial charge in [-0.3, -0.25) is 14.1 Å². The first-order valence-corrected chi connectivity index (χ1v) is 12.4. The average molecular weight is 497 g/mol. The van der Waals surface area contributed by atoms with Crippen LogP contribution in [0.15, 0.2) is 65.8 Å². The molecule has 6 heterocycles. The van der Waals surface area contributed by atoms with Gasteiger partial charge in [0.05, 0.1) is 34.2 Å². The maximum Gasteiger partial charge on any atom is 0.257 e. The molecule has 1 fully saturated rings. The quantitative estimate of drug-likeness (QED) is 0.381. The molecule has 7 rings (SSSR count). The van der Waals surface area contributed by atoms with Gasteiger partial charge in [-0.15, -0.1) is 0 Å². The number of ether oxygens (including phenoxy) is 1. The maximum atomic E-state index is 13.7. The molecular weight excluding hydrogens is 471 g/mol. The van der Waals surface area contributed by atoms with Crippen molar-refractivity contribution in [1.29, 1.82) is 0 Å². The van der Waals surface area contributed by atoms with Crippen LogP contribution in [0.5, 0.6) is 0 Å². The van der Waals surface area contributed by atoms with Gasteiger partial charge in [-0.2, -0.15) is 0 Å². The molecule has 9 heteroatoms. The Kier molecular flexibility index (Phi) is 4.92. The number of pyridine rings is 3. The van der Waals surface area contributed by atoms with Crippen LogP contribution in [-0.2, 0) is 16.8 Å². The van der Waals surface area contributed by atoms with Gasteiger partial charge in [0.25, 0.3) is 5.56 Å². The number of anilines is 2. The molecule has 2 aliphatic rings. The predicted molar refractivity (Wildman–Crippen MR) is 139 cm³/mol. The molecule has 5 aromatic rings. The zero-order chi connectivity index (χ0) is 25.1. The number of imidazole rings is 1. The molecule has 1 saturated heterocycles. The second-order valence-electron chi connectivity index (χ2n) is 9.79. The number of fused-ring (bicyclic) bond motifs is 4. The van der Waals surface area contributed by atoms with Gasteiger partial charge in [0.1, 0.15) is 17.3 Å². The van der Waals surface area contributed by atoms with Crippen molar-refractivity contribution in [3.8, 4) is 11.3 Å². The van der Waals surface area contributed by atoms with E-state index in [0.717, 1.165) is 54.9 Å². The van der Waals surface area contributed by atoms with Crippen molar-refractivity contribution in [2.75, 3.05) is 25.6 Å². The highest BCUT2D eigenvalue weighted by Gasteiger charge is 2.44. The normalized spacial score (nSPS) is 17.0. The Morgan fingerprint density at radius 3 is 2.86 bits per heavy atom. The molecule has 0 amide bonds. The lowest BCUT2D eigenvalue weighted by atomic mass is 9.84. The van der Waals surface area contributed by atoms with Gasteiger partial charge in [-0.25, -0.2) is 14.4 Å². The summed E-state index contributed by atoms with van der Waals surface area (Å²) in [6, 6.07) is 12.6. The second kappa shape index (κ2) is 8.22. The molecule has 0 aliphatic carbocycles. The number of rotatable bonds is 3. The fraction of sp³-hybridized carbons (Fsp3) is 0.250. The van der Waals surface area contributed by atoms with E-state index in [1.165, 1.54) is 17.7 Å². The van der Waals surface area contributed by atoms with E-state index in [-0.39, 0.29) is 16.9 Å². The Morgan fingerprint density at radius 1 is 1.14 bits per heavy atom. The Labute approximate surface area is 211 Å². The number of nitrogens with one attached hydrogen (secondary N) is 2. The van der Waals surface area contributed by atoms with Crippen LogP contribution in [0.25, 0.3) is 27.7 Å². The largest absolute Gasteiger partial charge is 0.381 e. The third-order valence-electron chi connectivity index (χ3n) is 7.86. The number of benzene rings is 1. The van der Waals surface area contributed by atoms with E-state index in [4.69, 9.17) is 9.72 Å². The molecule has 0 bridgehead atoms. The summed E-state index contributed by atoms with van der Waals surface area (Å²) in [7, 11) is 2.15. The second-order valence-corrected chi connectivity index (χ2v) is 9.79. The summed E-state index contributed by atoms with van der Waals surface area (Å²) in [6.45, 7) is 2.29. The number of hydrogen-bond donors (Lipinski definition) is 2. The minimum Gasteiger partial charge on any atom is -0.381 e. The van der Waals surface area contributed by atoms with Crippen LogP contribution in [0.2, 0.25) is 0 Å². The van der Waals surface area contributed by atoms with E-state index >= 15 is 0 Å². The number of nitrogens with zero attached hydrogens (tertiary/aromatic N) is 4. The van der Waals surface area contributed by atoms with Crippen molar-refractivity contribution in [3.05, 3.63) is 88.5 Å². The third-order valence-corrected chi connectivity index (χ3v) is 7.86. The van der Waals surface area contributed by atoms with Crippen LogP contribution in [0.3, 0.4) is 0 Å². The fourth-order valence-corrected chi connectivity index (χ4v) is 5.99. The topological polar surface area (TPSA) is 87.6 Å². The first kappa shape index (κ1) is 22.1. The minimum absolute atomic E-state index is 0.0124. The molecule has 0 atom stereocenters. The molecule has 2 aliphatic heterocycles. The van der Waals surface area contributed by atoms with Crippen molar-refractivity contribution in [3.63, 3.8) is 0 Å². The van der Waals surface area contributed by atoms with Gasteiger partial charge < -0.3 is 15.0 Å². The van der Waals surface area contributed by atoms with Crippen LogP contribution in [-0.4, -0.2) is 44.5 Å². The molecule has 8 nitrogen and oxygen atoms in total. The smallest absolute Gasteiger partial charge is 0.257 e. The first-order chi connectivity index (χ1) is 18.0. The molecule has 0 saturated carbocycles. The van der Waals surface area contributed by atoms with Crippen molar-refractivity contribution in [1.82, 2.24) is 24.3 Å². The zero-order valence-electron chi connectivity index (χ0n) is 20.3. The molecule has 1 aromatic carbocycles. The van der Waals surface area contributed by atoms with Gasteiger partial charge >= 0.3 is 0 Å². The Morgan fingerprint density at radius 2 is 2.00 bits per heavy atom. The highest BCUT2D eigenvalue weighted by atomic mass is 19.1. The van der Waals surface area contributed by atoms with E-state index in [1.807, 2.05) is 28.7 Å². The summed E-state index contributed by atoms with van der Waals surface area (Å²) in [6.07, 6.45) is 6.90. The maximum absolute atomic E-state index is 13.7. The van der Waals surface area contributed by atoms with Gasteiger partial charge in [-0.05, 0) is 49.7 Å². The van der Waals surface area contributed by atoms with Crippen molar-refractivity contribution >= 4 is 27.9 Å². The molecule has 4 aromatic heterocycles. The SMILES string of the molecule is CN1Cc2nc(Nc3ccc(-c4cnc5cc(F)ccn45)c4cc[nH]c(=O)c34)ccc2C12CCOCC2. The monoisotopic (exact) mass is 496 g/mol. The first-order valence-electron chi connectivity index (χ1n) is 12.4. The van der Waals surface area contributed by atoms with E-state index < -0.39 is 0 Å². The molecule has 0 unspecified atom stereocenters. The third kappa shape index (κ3) is 3.38. The van der Waals surface area contributed by atoms with E-state index in [9.17, 15) is 9.18 Å². The van der Waals surface area contributed by atoms with Crippen molar-refractivity contribution < 1.29 is 9.13 Å². The van der Waals surface area contributed by atoms with Crippen LogP contribution in [0.1, 0.15) is 24.1 Å². The lowest BCUT2D eigenvalue weighted by Gasteiger charge is -2.40. The van der Waals surface area contributed by atoms with Crippen LogP contribution in [0, 0.1) is 5.82 Å². The Hall–Kier alpha value is -4.08. The fourth-order valence-electron chi connectivity index (χ4n) is 5.99. The summed E-state index contributed by atoms with van der Waals surface area (Å²) in [4.78, 5) is 27.5. The number of aromatic nitrogens is 4. The van der Waals surface area contributed by atoms with E-state index in [2.05, 4.69) is 33.3 Å². The van der Waals surface area contributed by atoms with Gasteiger partial charge in [0.2, 0.25) is 0 Å². The van der Waals surface area contributed by atoms with Crippen molar-refractivity contribution in [2.24, 2.45) is 0 Å². The summed E-state index contributed by atoms with van der Waals surface area (Å²) in [5.74, 6) is 0.347. The van der Waals surface area contributed by atoms with Gasteiger partial charge in [0.15, 0.2) is 0 Å². The minimum atomic E-state index is -0.346. The zero-order valence-corrected chi connectivity index (χ0v) is 20.3. The molecular formula is C28H25FN6O2. The number of hydrogen-bond acceptors (Lipinski definition) is 6. The summed E-state index contributed by atoms with van der Waals surface area (Å²) in [5.41, 5.74) is 4.89. The number of halogens is 1. The highest BCUT2D eigenvalue weighted by Crippen LogP contribution is 2.45. The molecule has 2 N–H and O–H groups in total. The van der Waals surface area contributed by atoms with Gasteiger partial charge in [0, 0.05) is 49.2 Å². The summed E-state index contributed by atoms with van der Waals surface area (Å²) < 4.78 is 21.1. The lowest BCUT2D eigenvalue weighted by Crippen LogP contribution is -2.43. The van der Waals surface area contributed by atoms with Gasteiger partial charge in [-0.1, -0.05) is 12.1 Å². The summed E-state index contributed by atoms with van der Waals surface area (Å²) in [5, 5.41) is 4.69. The predicted octanol–water partition coefficient (Wildman–Crippen LogP) is 4.57. The van der Waals surface area contributed by atoms with Crippen LogP contribution < -0.4 is 10.9 Å². The molecule has 186 valence electrons. The molecule has 1 spiro atoms. The standard InChI is InChI=1S/C28H25FN6O2/c1-34-16-22-20(28(34)8-12-37-13-9-28)3-5-24(33-22)32-21-4-2-18(19-6-10-30-27(36)26(19)21)23-15-31-25-14-17(29)7-11-35(23)25/h2-7,10-11,14-15H,8-9,12-13,16H2,1H3,(H,30,36)(H,32,33). The Balaban J connectivity index is 1.30. The van der Waals surface area contributed by atoms with Crippen LogP contribution in [0.4, 0.5) is 15.9 Å². The molecule has 37 heavy (non-hydrogen) atoms. The van der Waals surface area contributed by atoms with Crippen LogP contribution >= 0.6 is 0 Å².